The number of pyridine rings is 1. The van der Waals surface area contributed by atoms with Crippen molar-refractivity contribution < 1.29 is 9.53 Å². The number of hydrogen-bond donors (Lipinski definition) is 0. The molecule has 2 aromatic heterocycles. The highest BCUT2D eigenvalue weighted by Gasteiger charge is 2.29. The predicted molar refractivity (Wildman–Crippen MR) is 89.8 cm³/mol. The number of rotatable bonds is 5. The zero-order valence-corrected chi connectivity index (χ0v) is 14.3. The van der Waals surface area contributed by atoms with E-state index in [9.17, 15) is 4.79 Å². The van der Waals surface area contributed by atoms with E-state index in [1.54, 1.807) is 30.2 Å². The molecule has 3 rings (SSSR count). The molecule has 0 saturated carbocycles. The minimum absolute atomic E-state index is 0.00382. The van der Waals surface area contributed by atoms with Gasteiger partial charge in [-0.1, -0.05) is 0 Å². The van der Waals surface area contributed by atoms with Gasteiger partial charge in [-0.3, -0.25) is 14.5 Å². The van der Waals surface area contributed by atoms with Crippen LogP contribution >= 0.6 is 0 Å². The van der Waals surface area contributed by atoms with Crippen molar-refractivity contribution in [3.05, 3.63) is 42.0 Å². The van der Waals surface area contributed by atoms with Crippen molar-refractivity contribution in [2.24, 2.45) is 7.05 Å². The van der Waals surface area contributed by atoms with Crippen LogP contribution in [0.5, 0.6) is 5.75 Å². The van der Waals surface area contributed by atoms with Gasteiger partial charge < -0.3 is 14.5 Å². The molecular weight excluding hydrogens is 306 g/mol. The first-order chi connectivity index (χ1) is 11.5. The molecule has 0 spiro atoms. The van der Waals surface area contributed by atoms with Crippen molar-refractivity contribution in [1.82, 2.24) is 24.6 Å². The Balaban J connectivity index is 1.60. The lowest BCUT2D eigenvalue weighted by atomic mass is 10.3. The largest absolute Gasteiger partial charge is 0.488 e. The molecule has 1 atom stereocenters. The Morgan fingerprint density at radius 3 is 2.92 bits per heavy atom. The van der Waals surface area contributed by atoms with Crippen molar-refractivity contribution in [3.8, 4) is 5.75 Å². The zero-order valence-electron chi connectivity index (χ0n) is 14.3. The smallest absolute Gasteiger partial charge is 0.272 e. The van der Waals surface area contributed by atoms with E-state index in [-0.39, 0.29) is 12.0 Å². The molecule has 0 aromatic carbocycles. The van der Waals surface area contributed by atoms with Gasteiger partial charge >= 0.3 is 0 Å². The molecule has 1 unspecified atom stereocenters. The predicted octanol–water partition coefficient (Wildman–Crippen LogP) is 1.17. The number of aryl methyl sites for hydroxylation is 1. The highest BCUT2D eigenvalue weighted by atomic mass is 16.5. The summed E-state index contributed by atoms with van der Waals surface area (Å²) in [7, 11) is 5.79. The van der Waals surface area contributed by atoms with E-state index < -0.39 is 0 Å². The van der Waals surface area contributed by atoms with E-state index in [1.807, 2.05) is 31.1 Å². The molecule has 7 heteroatoms. The van der Waals surface area contributed by atoms with Crippen molar-refractivity contribution in [2.45, 2.75) is 19.1 Å². The highest BCUT2D eigenvalue weighted by Crippen LogP contribution is 2.20. The molecule has 1 aliphatic heterocycles. The second-order valence-corrected chi connectivity index (χ2v) is 6.34. The molecule has 1 aliphatic rings. The maximum atomic E-state index is 12.5. The number of likely N-dealkylation sites (tertiary alicyclic amines) is 1. The van der Waals surface area contributed by atoms with Crippen LogP contribution in [0.2, 0.25) is 0 Å². The van der Waals surface area contributed by atoms with Gasteiger partial charge in [-0.15, -0.1) is 0 Å². The topological polar surface area (TPSA) is 63.5 Å². The lowest BCUT2D eigenvalue weighted by Crippen LogP contribution is -2.32. The second-order valence-electron chi connectivity index (χ2n) is 6.34. The first-order valence-electron chi connectivity index (χ1n) is 8.06. The number of aromatic nitrogens is 3. The molecule has 1 amide bonds. The maximum absolute atomic E-state index is 12.5. The Kier molecular flexibility index (Phi) is 4.80. The minimum atomic E-state index is 0.00382. The molecule has 3 heterocycles. The van der Waals surface area contributed by atoms with E-state index in [4.69, 9.17) is 4.74 Å². The first-order valence-corrected chi connectivity index (χ1v) is 8.06. The van der Waals surface area contributed by atoms with Crippen LogP contribution in [0, 0.1) is 0 Å². The molecule has 1 fully saturated rings. The third-order valence-corrected chi connectivity index (χ3v) is 4.04. The van der Waals surface area contributed by atoms with E-state index in [0.29, 0.717) is 18.8 Å². The minimum Gasteiger partial charge on any atom is -0.488 e. The summed E-state index contributed by atoms with van der Waals surface area (Å²) in [6.45, 7) is 2.06. The highest BCUT2D eigenvalue weighted by molar-refractivity contribution is 5.92. The Morgan fingerprint density at radius 1 is 1.38 bits per heavy atom. The van der Waals surface area contributed by atoms with Gasteiger partial charge in [0.2, 0.25) is 0 Å². The summed E-state index contributed by atoms with van der Waals surface area (Å²) < 4.78 is 7.65. The van der Waals surface area contributed by atoms with Crippen LogP contribution in [0.25, 0.3) is 0 Å². The first kappa shape index (κ1) is 16.4. The third kappa shape index (κ3) is 3.73. The third-order valence-electron chi connectivity index (χ3n) is 4.04. The molecular formula is C17H23N5O2. The number of nitrogens with zero attached hydrogens (tertiary/aromatic N) is 5. The Bertz CT molecular complexity index is 713. The average molecular weight is 329 g/mol. The molecule has 7 nitrogen and oxygen atoms in total. The molecule has 24 heavy (non-hydrogen) atoms. The van der Waals surface area contributed by atoms with Gasteiger partial charge in [0.05, 0.1) is 12.2 Å². The molecule has 0 radical (unpaired) electrons. The van der Waals surface area contributed by atoms with Crippen LogP contribution < -0.4 is 4.74 Å². The molecule has 2 aromatic rings. The van der Waals surface area contributed by atoms with Gasteiger partial charge in [0.1, 0.15) is 17.5 Å². The number of ether oxygens (including phenoxy) is 1. The molecule has 0 bridgehead atoms. The van der Waals surface area contributed by atoms with Crippen molar-refractivity contribution in [3.63, 3.8) is 0 Å². The standard InChI is InChI=1S/C17H23N5O2/c1-20(2)11-13-10-14(4-7-18-13)24-15-6-9-22(12-15)17(23)16-5-8-19-21(16)3/h4-5,7-8,10,15H,6,9,11-12H2,1-3H3. The Hall–Kier alpha value is -2.41. The van der Waals surface area contributed by atoms with Crippen LogP contribution in [-0.2, 0) is 13.6 Å². The van der Waals surface area contributed by atoms with E-state index >= 15 is 0 Å². The summed E-state index contributed by atoms with van der Waals surface area (Å²) in [5, 5.41) is 4.06. The Morgan fingerprint density at radius 2 is 2.21 bits per heavy atom. The van der Waals surface area contributed by atoms with Crippen LogP contribution in [0.3, 0.4) is 0 Å². The summed E-state index contributed by atoms with van der Waals surface area (Å²) in [6, 6.07) is 5.57. The summed E-state index contributed by atoms with van der Waals surface area (Å²) in [4.78, 5) is 20.7. The number of amides is 1. The maximum Gasteiger partial charge on any atom is 0.272 e. The molecule has 1 saturated heterocycles. The summed E-state index contributed by atoms with van der Waals surface area (Å²) in [6.07, 6.45) is 4.24. The summed E-state index contributed by atoms with van der Waals surface area (Å²) >= 11 is 0. The summed E-state index contributed by atoms with van der Waals surface area (Å²) in [5.41, 5.74) is 1.58. The van der Waals surface area contributed by atoms with Gasteiger partial charge in [-0.2, -0.15) is 5.10 Å². The number of hydrogen-bond acceptors (Lipinski definition) is 5. The van der Waals surface area contributed by atoms with Crippen LogP contribution in [-0.4, -0.2) is 63.8 Å². The quantitative estimate of drug-likeness (QED) is 0.824. The summed E-state index contributed by atoms with van der Waals surface area (Å²) in [5.74, 6) is 0.811. The molecule has 0 aliphatic carbocycles. The normalized spacial score (nSPS) is 17.5. The zero-order chi connectivity index (χ0) is 17.1. The Labute approximate surface area is 141 Å². The fraction of sp³-hybridized carbons (Fsp3) is 0.471. The lowest BCUT2D eigenvalue weighted by Gasteiger charge is -2.17. The van der Waals surface area contributed by atoms with Gasteiger partial charge in [0.15, 0.2) is 0 Å². The lowest BCUT2D eigenvalue weighted by molar-refractivity contribution is 0.0761. The number of carbonyl (C=O) groups is 1. The average Bonchev–Trinajstić information content (AvgIpc) is 3.15. The SMILES string of the molecule is CN(C)Cc1cc(OC2CCN(C(=O)c3ccnn3C)C2)ccn1. The van der Waals surface area contributed by atoms with Crippen molar-refractivity contribution in [2.75, 3.05) is 27.2 Å². The van der Waals surface area contributed by atoms with Crippen molar-refractivity contribution in [1.29, 1.82) is 0 Å². The second kappa shape index (κ2) is 7.00. The van der Waals surface area contributed by atoms with Crippen LogP contribution in [0.4, 0.5) is 0 Å². The molecule has 0 N–H and O–H groups in total. The number of carbonyl (C=O) groups excluding carboxylic acids is 1. The van der Waals surface area contributed by atoms with Gasteiger partial charge in [0.25, 0.3) is 5.91 Å². The van der Waals surface area contributed by atoms with Gasteiger partial charge in [-0.05, 0) is 26.2 Å². The fourth-order valence-electron chi connectivity index (χ4n) is 2.89. The van der Waals surface area contributed by atoms with Gasteiger partial charge in [-0.25, -0.2) is 0 Å². The monoisotopic (exact) mass is 329 g/mol. The van der Waals surface area contributed by atoms with E-state index in [1.165, 1.54) is 0 Å². The van der Waals surface area contributed by atoms with Gasteiger partial charge in [0, 0.05) is 45.0 Å². The fourth-order valence-corrected chi connectivity index (χ4v) is 2.89. The van der Waals surface area contributed by atoms with E-state index in [0.717, 1.165) is 24.4 Å². The van der Waals surface area contributed by atoms with Crippen LogP contribution in [0.1, 0.15) is 22.6 Å². The molecule has 128 valence electrons. The van der Waals surface area contributed by atoms with Crippen molar-refractivity contribution >= 4 is 5.91 Å². The van der Waals surface area contributed by atoms with Crippen LogP contribution in [0.15, 0.2) is 30.6 Å². The van der Waals surface area contributed by atoms with E-state index in [2.05, 4.69) is 15.0 Å².